The minimum absolute atomic E-state index is 0.376. The van der Waals surface area contributed by atoms with E-state index in [0.29, 0.717) is 0 Å². The second-order valence-electron chi connectivity index (χ2n) is 3.04. The summed E-state index contributed by atoms with van der Waals surface area (Å²) in [5.74, 6) is 5.86. The minimum atomic E-state index is -0.376. The van der Waals surface area contributed by atoms with Crippen molar-refractivity contribution in [1.82, 2.24) is 4.57 Å². The van der Waals surface area contributed by atoms with Crippen molar-refractivity contribution in [2.45, 2.75) is 32.9 Å². The highest BCUT2D eigenvalue weighted by Gasteiger charge is 2.01. The van der Waals surface area contributed by atoms with E-state index in [-0.39, 0.29) is 6.10 Å². The quantitative estimate of drug-likeness (QED) is 0.701. The van der Waals surface area contributed by atoms with Crippen molar-refractivity contribution in [3.05, 3.63) is 24.0 Å². The zero-order valence-electron chi connectivity index (χ0n) is 8.12. The molecule has 2 heteroatoms. The Morgan fingerprint density at radius 3 is 2.92 bits per heavy atom. The molecule has 1 rings (SSSR count). The van der Waals surface area contributed by atoms with Gasteiger partial charge in [-0.2, -0.15) is 0 Å². The second-order valence-corrected chi connectivity index (χ2v) is 3.04. The average Bonchev–Trinajstić information content (AvgIpc) is 2.53. The smallest absolute Gasteiger partial charge is 0.0776 e. The zero-order chi connectivity index (χ0) is 9.68. The van der Waals surface area contributed by atoms with Gasteiger partial charge in [-0.25, -0.2) is 0 Å². The molecular formula is C11H15NO. The lowest BCUT2D eigenvalue weighted by Gasteiger charge is -1.99. The number of aromatic nitrogens is 1. The molecule has 0 aliphatic heterocycles. The summed E-state index contributed by atoms with van der Waals surface area (Å²) in [5.41, 5.74) is 0.962. The monoisotopic (exact) mass is 177 g/mol. The Morgan fingerprint density at radius 1 is 1.62 bits per heavy atom. The highest BCUT2D eigenvalue weighted by Crippen LogP contribution is 2.11. The van der Waals surface area contributed by atoms with Crippen LogP contribution in [-0.2, 0) is 6.54 Å². The third-order valence-corrected chi connectivity index (χ3v) is 1.93. The van der Waals surface area contributed by atoms with Gasteiger partial charge in [0.05, 0.1) is 6.10 Å². The van der Waals surface area contributed by atoms with Crippen LogP contribution in [0, 0.1) is 11.8 Å². The van der Waals surface area contributed by atoms with Gasteiger partial charge in [-0.1, -0.05) is 0 Å². The van der Waals surface area contributed by atoms with Crippen molar-refractivity contribution in [1.29, 1.82) is 0 Å². The molecule has 0 aliphatic rings. The normalized spacial score (nSPS) is 11.9. The number of hydrogen-bond acceptors (Lipinski definition) is 1. The number of hydrogen-bond donors (Lipinski definition) is 1. The maximum atomic E-state index is 9.27. The summed E-state index contributed by atoms with van der Waals surface area (Å²) in [6, 6.07) is 1.93. The van der Waals surface area contributed by atoms with E-state index in [4.69, 9.17) is 0 Å². The fraction of sp³-hybridized carbons (Fsp3) is 0.455. The van der Waals surface area contributed by atoms with Crippen LogP contribution in [0.4, 0.5) is 0 Å². The topological polar surface area (TPSA) is 25.2 Å². The predicted molar refractivity (Wildman–Crippen MR) is 53.1 cm³/mol. The van der Waals surface area contributed by atoms with Crippen molar-refractivity contribution in [3.8, 4) is 11.8 Å². The molecule has 0 radical (unpaired) electrons. The van der Waals surface area contributed by atoms with Crippen molar-refractivity contribution >= 4 is 0 Å². The molecule has 0 saturated carbocycles. The Labute approximate surface area is 79.2 Å². The Morgan fingerprint density at radius 2 is 2.38 bits per heavy atom. The fourth-order valence-electron chi connectivity index (χ4n) is 1.16. The lowest BCUT2D eigenvalue weighted by molar-refractivity contribution is 0.199. The van der Waals surface area contributed by atoms with E-state index >= 15 is 0 Å². The Hall–Kier alpha value is -1.20. The minimum Gasteiger partial charge on any atom is -0.389 e. The predicted octanol–water partition coefficient (Wildman–Crippen LogP) is 1.95. The maximum absolute atomic E-state index is 9.27. The Balaban J connectivity index is 2.52. The fourth-order valence-corrected chi connectivity index (χ4v) is 1.16. The van der Waals surface area contributed by atoms with Crippen LogP contribution in [0.5, 0.6) is 0 Å². The van der Waals surface area contributed by atoms with Crippen molar-refractivity contribution in [2.75, 3.05) is 0 Å². The number of aliphatic hydroxyl groups is 1. The molecule has 0 saturated heterocycles. The van der Waals surface area contributed by atoms with Gasteiger partial charge in [0.25, 0.3) is 0 Å². The Kier molecular flexibility index (Phi) is 3.60. The molecule has 0 spiro atoms. The van der Waals surface area contributed by atoms with Gasteiger partial charge in [0.15, 0.2) is 0 Å². The Bertz CT molecular complexity index is 314. The molecule has 1 unspecified atom stereocenters. The molecule has 0 fully saturated rings. The molecule has 0 aliphatic carbocycles. The molecule has 13 heavy (non-hydrogen) atoms. The number of nitrogens with zero attached hydrogens (tertiary/aromatic N) is 1. The molecule has 1 atom stereocenters. The van der Waals surface area contributed by atoms with Gasteiger partial charge in [0.1, 0.15) is 0 Å². The maximum Gasteiger partial charge on any atom is 0.0776 e. The summed E-state index contributed by atoms with van der Waals surface area (Å²) in [6.45, 7) is 4.51. The molecule has 0 amide bonds. The molecule has 1 aromatic rings. The van der Waals surface area contributed by atoms with Gasteiger partial charge in [-0.05, 0) is 25.5 Å². The highest BCUT2D eigenvalue weighted by atomic mass is 16.3. The summed E-state index contributed by atoms with van der Waals surface area (Å²) >= 11 is 0. The number of aryl methyl sites for hydroxylation is 1. The van der Waals surface area contributed by atoms with Gasteiger partial charge >= 0.3 is 0 Å². The van der Waals surface area contributed by atoms with E-state index in [1.807, 2.05) is 30.0 Å². The second kappa shape index (κ2) is 4.74. The lowest BCUT2D eigenvalue weighted by atomic mass is 10.2. The summed E-state index contributed by atoms with van der Waals surface area (Å²) in [7, 11) is 0. The van der Waals surface area contributed by atoms with Crippen LogP contribution in [0.3, 0.4) is 0 Å². The molecule has 0 aromatic carbocycles. The van der Waals surface area contributed by atoms with Crippen LogP contribution in [0.1, 0.15) is 31.9 Å². The van der Waals surface area contributed by atoms with Gasteiger partial charge in [0.2, 0.25) is 0 Å². The molecule has 1 aromatic heterocycles. The molecule has 0 bridgehead atoms. The molecule has 1 N–H and O–H groups in total. The third kappa shape index (κ3) is 2.96. The average molecular weight is 177 g/mol. The standard InChI is InChI=1S/C11H15NO/c1-3-4-5-7-12-8-6-11(9-12)10(2)13/h6,8-10,13H,5,7H2,1-2H3. The summed E-state index contributed by atoms with van der Waals surface area (Å²) in [6.07, 6.45) is 4.42. The van der Waals surface area contributed by atoms with Gasteiger partial charge < -0.3 is 9.67 Å². The highest BCUT2D eigenvalue weighted by molar-refractivity contribution is 5.12. The van der Waals surface area contributed by atoms with Crippen molar-refractivity contribution in [3.63, 3.8) is 0 Å². The summed E-state index contributed by atoms with van der Waals surface area (Å²) < 4.78 is 2.05. The van der Waals surface area contributed by atoms with E-state index in [0.717, 1.165) is 18.5 Å². The van der Waals surface area contributed by atoms with Crippen LogP contribution >= 0.6 is 0 Å². The number of aliphatic hydroxyl groups excluding tert-OH is 1. The van der Waals surface area contributed by atoms with E-state index in [1.165, 1.54) is 0 Å². The molecule has 1 heterocycles. The molecule has 2 nitrogen and oxygen atoms in total. The molecule has 70 valence electrons. The van der Waals surface area contributed by atoms with Gasteiger partial charge in [0, 0.05) is 25.4 Å². The van der Waals surface area contributed by atoms with Crippen LogP contribution in [0.15, 0.2) is 18.5 Å². The molecular weight excluding hydrogens is 162 g/mol. The van der Waals surface area contributed by atoms with Crippen LogP contribution in [0.25, 0.3) is 0 Å². The first kappa shape index (κ1) is 9.88. The van der Waals surface area contributed by atoms with Gasteiger partial charge in [-0.15, -0.1) is 11.8 Å². The van der Waals surface area contributed by atoms with Crippen LogP contribution in [-0.4, -0.2) is 9.67 Å². The van der Waals surface area contributed by atoms with Crippen LogP contribution in [0.2, 0.25) is 0 Å². The first-order valence-corrected chi connectivity index (χ1v) is 4.47. The van der Waals surface area contributed by atoms with E-state index in [2.05, 4.69) is 11.8 Å². The summed E-state index contributed by atoms with van der Waals surface area (Å²) in [5, 5.41) is 9.27. The number of rotatable bonds is 3. The van der Waals surface area contributed by atoms with Crippen LogP contribution < -0.4 is 0 Å². The van der Waals surface area contributed by atoms with Gasteiger partial charge in [-0.3, -0.25) is 0 Å². The zero-order valence-corrected chi connectivity index (χ0v) is 8.12. The lowest BCUT2D eigenvalue weighted by Crippen LogP contribution is -1.93. The third-order valence-electron chi connectivity index (χ3n) is 1.93. The first-order chi connectivity index (χ1) is 6.24. The van der Waals surface area contributed by atoms with Crippen molar-refractivity contribution < 1.29 is 5.11 Å². The van der Waals surface area contributed by atoms with E-state index in [1.54, 1.807) is 6.92 Å². The van der Waals surface area contributed by atoms with Crippen molar-refractivity contribution in [2.24, 2.45) is 0 Å². The first-order valence-electron chi connectivity index (χ1n) is 4.47. The van der Waals surface area contributed by atoms with E-state index in [9.17, 15) is 5.11 Å². The summed E-state index contributed by atoms with van der Waals surface area (Å²) in [4.78, 5) is 0. The SMILES string of the molecule is CC#CCCn1ccc(C(C)O)c1. The largest absolute Gasteiger partial charge is 0.389 e. The van der Waals surface area contributed by atoms with E-state index < -0.39 is 0 Å².